The number of carbonyl (C=O) groups is 2. The highest BCUT2D eigenvalue weighted by atomic mass is 16.2. The summed E-state index contributed by atoms with van der Waals surface area (Å²) in [4.78, 5) is 28.2. The van der Waals surface area contributed by atoms with E-state index in [1.165, 1.54) is 0 Å². The fourth-order valence-electron chi connectivity index (χ4n) is 2.53. The second-order valence-electron chi connectivity index (χ2n) is 5.64. The molecule has 6 heteroatoms. The van der Waals surface area contributed by atoms with Crippen LogP contribution in [0.1, 0.15) is 15.9 Å². The van der Waals surface area contributed by atoms with Gasteiger partial charge in [-0.15, -0.1) is 0 Å². The van der Waals surface area contributed by atoms with Crippen molar-refractivity contribution in [2.75, 3.05) is 0 Å². The van der Waals surface area contributed by atoms with Crippen molar-refractivity contribution in [3.8, 4) is 5.69 Å². The Bertz CT molecular complexity index is 860. The van der Waals surface area contributed by atoms with Crippen molar-refractivity contribution in [3.63, 3.8) is 0 Å². The van der Waals surface area contributed by atoms with Crippen LogP contribution in [0.4, 0.5) is 0 Å². The van der Waals surface area contributed by atoms with Crippen LogP contribution in [0.15, 0.2) is 73.3 Å². The molecule has 0 fully saturated rings. The molecule has 2 aromatic carbocycles. The normalized spacial score (nSPS) is 11.7. The SMILES string of the molecule is NC(=O)[C@H](Cc1ccccc1)NC(=O)c1cccc(-n2ccnc2)c1. The predicted octanol–water partition coefficient (Wildman–Crippen LogP) is 1.70. The first-order valence-electron chi connectivity index (χ1n) is 7.86. The van der Waals surface area contributed by atoms with Crippen molar-refractivity contribution in [3.05, 3.63) is 84.4 Å². The first kappa shape index (κ1) is 16.4. The van der Waals surface area contributed by atoms with Crippen LogP contribution in [0.2, 0.25) is 0 Å². The van der Waals surface area contributed by atoms with Crippen LogP contribution in [0.3, 0.4) is 0 Å². The Balaban J connectivity index is 1.75. The number of rotatable bonds is 6. The summed E-state index contributed by atoms with van der Waals surface area (Å²) in [7, 11) is 0. The summed E-state index contributed by atoms with van der Waals surface area (Å²) in [5.74, 6) is -0.912. The van der Waals surface area contributed by atoms with Gasteiger partial charge in [0.05, 0.1) is 6.33 Å². The third-order valence-electron chi connectivity index (χ3n) is 3.84. The summed E-state index contributed by atoms with van der Waals surface area (Å²) in [6, 6.07) is 15.7. The van der Waals surface area contributed by atoms with Gasteiger partial charge in [0.25, 0.3) is 5.91 Å². The average molecular weight is 334 g/mol. The molecule has 0 bridgehead atoms. The Labute approximate surface area is 145 Å². The topological polar surface area (TPSA) is 90.0 Å². The average Bonchev–Trinajstić information content (AvgIpc) is 3.17. The van der Waals surface area contributed by atoms with Gasteiger partial charge in [-0.3, -0.25) is 9.59 Å². The standard InChI is InChI=1S/C19H18N4O2/c20-18(24)17(11-14-5-2-1-3-6-14)22-19(25)15-7-4-8-16(12-15)23-10-9-21-13-23/h1-10,12-13,17H,11H2,(H2,20,24)(H,22,25)/t17-/m0/s1. The number of aromatic nitrogens is 2. The summed E-state index contributed by atoms with van der Waals surface area (Å²) >= 11 is 0. The second-order valence-corrected chi connectivity index (χ2v) is 5.64. The maximum atomic E-state index is 12.5. The molecule has 0 radical (unpaired) electrons. The van der Waals surface area contributed by atoms with Crippen LogP contribution in [0, 0.1) is 0 Å². The molecule has 0 aliphatic rings. The molecule has 1 atom stereocenters. The zero-order valence-corrected chi connectivity index (χ0v) is 13.5. The van der Waals surface area contributed by atoms with Crippen LogP contribution in [0.5, 0.6) is 0 Å². The molecule has 2 amide bonds. The third kappa shape index (κ3) is 4.11. The maximum Gasteiger partial charge on any atom is 0.252 e. The largest absolute Gasteiger partial charge is 0.368 e. The number of nitrogens with one attached hydrogen (secondary N) is 1. The van der Waals surface area contributed by atoms with Crippen LogP contribution in [-0.2, 0) is 11.2 Å². The van der Waals surface area contributed by atoms with E-state index in [0.717, 1.165) is 11.3 Å². The lowest BCUT2D eigenvalue weighted by atomic mass is 10.0. The molecular weight excluding hydrogens is 316 g/mol. The van der Waals surface area contributed by atoms with Gasteiger partial charge in [0, 0.05) is 30.1 Å². The Morgan fingerprint density at radius 1 is 1.12 bits per heavy atom. The predicted molar refractivity (Wildman–Crippen MR) is 94.2 cm³/mol. The molecule has 3 N–H and O–H groups in total. The minimum absolute atomic E-state index is 0.346. The molecule has 6 nitrogen and oxygen atoms in total. The molecule has 1 aromatic heterocycles. The van der Waals surface area contributed by atoms with Gasteiger partial charge in [0.1, 0.15) is 6.04 Å². The van der Waals surface area contributed by atoms with Gasteiger partial charge < -0.3 is 15.6 Å². The molecule has 1 heterocycles. The molecule has 25 heavy (non-hydrogen) atoms. The van der Waals surface area contributed by atoms with E-state index in [2.05, 4.69) is 10.3 Å². The van der Waals surface area contributed by atoms with E-state index in [4.69, 9.17) is 5.73 Å². The fourth-order valence-corrected chi connectivity index (χ4v) is 2.53. The van der Waals surface area contributed by atoms with Gasteiger partial charge in [0.2, 0.25) is 5.91 Å². The number of hydrogen-bond donors (Lipinski definition) is 2. The molecule has 126 valence electrons. The van der Waals surface area contributed by atoms with Crippen molar-refractivity contribution in [2.45, 2.75) is 12.5 Å². The molecule has 0 saturated heterocycles. The van der Waals surface area contributed by atoms with Crippen molar-refractivity contribution in [1.29, 1.82) is 0 Å². The monoisotopic (exact) mass is 334 g/mol. The molecule has 0 unspecified atom stereocenters. The minimum atomic E-state index is -0.771. The van der Waals surface area contributed by atoms with Gasteiger partial charge in [-0.05, 0) is 23.8 Å². The fraction of sp³-hybridized carbons (Fsp3) is 0.105. The number of nitrogens with zero attached hydrogens (tertiary/aromatic N) is 2. The quantitative estimate of drug-likeness (QED) is 0.719. The molecular formula is C19H18N4O2. The van der Waals surface area contributed by atoms with Crippen LogP contribution in [0.25, 0.3) is 5.69 Å². The summed E-state index contributed by atoms with van der Waals surface area (Å²) in [5.41, 5.74) is 7.64. The Hall–Kier alpha value is -3.41. The summed E-state index contributed by atoms with van der Waals surface area (Å²) in [6.45, 7) is 0. The Morgan fingerprint density at radius 2 is 1.92 bits per heavy atom. The number of imidazole rings is 1. The smallest absolute Gasteiger partial charge is 0.252 e. The van der Waals surface area contributed by atoms with Gasteiger partial charge in [-0.2, -0.15) is 0 Å². The van der Waals surface area contributed by atoms with E-state index >= 15 is 0 Å². The lowest BCUT2D eigenvalue weighted by molar-refractivity contribution is -0.119. The first-order chi connectivity index (χ1) is 12.1. The number of benzene rings is 2. The molecule has 0 aliphatic carbocycles. The zero-order chi connectivity index (χ0) is 17.6. The van der Waals surface area contributed by atoms with Gasteiger partial charge >= 0.3 is 0 Å². The van der Waals surface area contributed by atoms with E-state index in [-0.39, 0.29) is 5.91 Å². The zero-order valence-electron chi connectivity index (χ0n) is 13.5. The van der Waals surface area contributed by atoms with Crippen molar-refractivity contribution in [1.82, 2.24) is 14.9 Å². The lowest BCUT2D eigenvalue weighted by Gasteiger charge is -2.16. The van der Waals surface area contributed by atoms with E-state index in [9.17, 15) is 9.59 Å². The van der Waals surface area contributed by atoms with E-state index in [1.54, 1.807) is 41.5 Å². The highest BCUT2D eigenvalue weighted by Gasteiger charge is 2.19. The Morgan fingerprint density at radius 3 is 2.60 bits per heavy atom. The molecule has 3 aromatic rings. The van der Waals surface area contributed by atoms with E-state index in [1.807, 2.05) is 36.4 Å². The first-order valence-corrected chi connectivity index (χ1v) is 7.86. The van der Waals surface area contributed by atoms with Crippen molar-refractivity contribution >= 4 is 11.8 Å². The molecule has 3 rings (SSSR count). The number of hydrogen-bond acceptors (Lipinski definition) is 3. The highest BCUT2D eigenvalue weighted by molar-refractivity contribution is 5.97. The van der Waals surface area contributed by atoms with Crippen molar-refractivity contribution in [2.24, 2.45) is 5.73 Å². The van der Waals surface area contributed by atoms with Gasteiger partial charge in [0.15, 0.2) is 0 Å². The number of primary amides is 1. The number of carbonyl (C=O) groups excluding carboxylic acids is 2. The van der Waals surface area contributed by atoms with Crippen molar-refractivity contribution < 1.29 is 9.59 Å². The minimum Gasteiger partial charge on any atom is -0.368 e. The molecule has 0 saturated carbocycles. The Kier molecular flexibility index (Phi) is 4.89. The van der Waals surface area contributed by atoms with E-state index in [0.29, 0.717) is 12.0 Å². The van der Waals surface area contributed by atoms with Crippen LogP contribution < -0.4 is 11.1 Å². The summed E-state index contributed by atoms with van der Waals surface area (Å²) < 4.78 is 1.80. The highest BCUT2D eigenvalue weighted by Crippen LogP contribution is 2.11. The third-order valence-corrected chi connectivity index (χ3v) is 3.84. The molecule has 0 aliphatic heterocycles. The summed E-state index contributed by atoms with van der Waals surface area (Å²) in [5, 5.41) is 2.72. The number of amides is 2. The van der Waals surface area contributed by atoms with Gasteiger partial charge in [-0.1, -0.05) is 36.4 Å². The van der Waals surface area contributed by atoms with Crippen LogP contribution in [-0.4, -0.2) is 27.4 Å². The second kappa shape index (κ2) is 7.44. The lowest BCUT2D eigenvalue weighted by Crippen LogP contribution is -2.45. The number of nitrogens with two attached hydrogens (primary N) is 1. The van der Waals surface area contributed by atoms with Gasteiger partial charge in [-0.25, -0.2) is 4.98 Å². The maximum absolute atomic E-state index is 12.5. The van der Waals surface area contributed by atoms with Crippen LogP contribution >= 0.6 is 0 Å². The molecule has 0 spiro atoms. The van der Waals surface area contributed by atoms with E-state index < -0.39 is 11.9 Å². The summed E-state index contributed by atoms with van der Waals surface area (Å²) in [6.07, 6.45) is 5.45.